The fourth-order valence-corrected chi connectivity index (χ4v) is 2.45. The summed E-state index contributed by atoms with van der Waals surface area (Å²) in [4.78, 5) is 4.32. The molecule has 0 amide bonds. The van der Waals surface area contributed by atoms with Crippen molar-refractivity contribution in [3.8, 4) is 0 Å². The average Bonchev–Trinajstić information content (AvgIpc) is 2.28. The smallest absolute Gasteiger partial charge is 0.129 e. The molecule has 88 valence electrons. The molecule has 2 rings (SSSR count). The van der Waals surface area contributed by atoms with E-state index in [4.69, 9.17) is 16.3 Å². The standard InChI is InChI=1S/C13H18ClNO/c1-3-4-5-12-9(2)10-6-7-13(14)15-11(10)8-16-12/h6-7,9,12H,3-5,8H2,1-2H3/t9-,12-/m0/s1. The van der Waals surface area contributed by atoms with Gasteiger partial charge in [0.05, 0.1) is 18.4 Å². The van der Waals surface area contributed by atoms with Crippen molar-refractivity contribution in [3.63, 3.8) is 0 Å². The predicted octanol–water partition coefficient (Wildman–Crippen LogP) is 3.93. The Hall–Kier alpha value is -0.600. The van der Waals surface area contributed by atoms with Gasteiger partial charge in [-0.2, -0.15) is 0 Å². The molecule has 0 radical (unpaired) electrons. The van der Waals surface area contributed by atoms with E-state index in [0.29, 0.717) is 23.8 Å². The molecule has 0 saturated heterocycles. The highest BCUT2D eigenvalue weighted by molar-refractivity contribution is 6.29. The molecular weight excluding hydrogens is 222 g/mol. The van der Waals surface area contributed by atoms with Crippen LogP contribution in [0.3, 0.4) is 0 Å². The Kier molecular flexibility index (Phi) is 3.82. The number of unbranched alkanes of at least 4 members (excludes halogenated alkanes) is 1. The summed E-state index contributed by atoms with van der Waals surface area (Å²) in [5.74, 6) is 0.431. The van der Waals surface area contributed by atoms with Crippen LogP contribution in [0.25, 0.3) is 0 Å². The molecule has 0 aliphatic carbocycles. The SMILES string of the molecule is CCCC[C@@H]1OCc2nc(Cl)ccc2[C@@H]1C. The van der Waals surface area contributed by atoms with Crippen molar-refractivity contribution in [1.82, 2.24) is 4.98 Å². The zero-order valence-electron chi connectivity index (χ0n) is 9.87. The van der Waals surface area contributed by atoms with Crippen molar-refractivity contribution in [2.24, 2.45) is 0 Å². The molecule has 0 unspecified atom stereocenters. The first-order valence-corrected chi connectivity index (χ1v) is 6.37. The molecular formula is C13H18ClNO. The summed E-state index contributed by atoms with van der Waals surface area (Å²) in [6, 6.07) is 3.97. The second-order valence-electron chi connectivity index (χ2n) is 4.45. The second kappa shape index (κ2) is 5.15. The van der Waals surface area contributed by atoms with Crippen molar-refractivity contribution < 1.29 is 4.74 Å². The molecule has 2 nitrogen and oxygen atoms in total. The van der Waals surface area contributed by atoms with E-state index in [1.807, 2.05) is 6.07 Å². The second-order valence-corrected chi connectivity index (χ2v) is 4.84. The third-order valence-corrected chi connectivity index (χ3v) is 3.51. The third kappa shape index (κ3) is 2.38. The Balaban J connectivity index is 2.15. The molecule has 1 aliphatic heterocycles. The lowest BCUT2D eigenvalue weighted by molar-refractivity contribution is 0.00300. The average molecular weight is 240 g/mol. The largest absolute Gasteiger partial charge is 0.371 e. The van der Waals surface area contributed by atoms with Crippen LogP contribution in [0, 0.1) is 0 Å². The van der Waals surface area contributed by atoms with E-state index in [2.05, 4.69) is 24.9 Å². The van der Waals surface area contributed by atoms with E-state index in [0.717, 1.165) is 12.1 Å². The Labute approximate surface area is 102 Å². The Bertz CT molecular complexity index is 367. The van der Waals surface area contributed by atoms with Crippen molar-refractivity contribution >= 4 is 11.6 Å². The number of halogens is 1. The van der Waals surface area contributed by atoms with Gasteiger partial charge in [-0.25, -0.2) is 4.98 Å². The molecule has 0 aromatic carbocycles. The van der Waals surface area contributed by atoms with Crippen LogP contribution in [-0.2, 0) is 11.3 Å². The molecule has 0 spiro atoms. The summed E-state index contributed by atoms with van der Waals surface area (Å²) in [7, 11) is 0. The number of pyridine rings is 1. The van der Waals surface area contributed by atoms with Gasteiger partial charge in [0.1, 0.15) is 5.15 Å². The molecule has 16 heavy (non-hydrogen) atoms. The van der Waals surface area contributed by atoms with Crippen LogP contribution in [-0.4, -0.2) is 11.1 Å². The Morgan fingerprint density at radius 3 is 3.06 bits per heavy atom. The molecule has 3 heteroatoms. The van der Waals surface area contributed by atoms with E-state index >= 15 is 0 Å². The molecule has 1 aromatic heterocycles. The van der Waals surface area contributed by atoms with Crippen molar-refractivity contribution in [2.75, 3.05) is 0 Å². The summed E-state index contributed by atoms with van der Waals surface area (Å²) in [5.41, 5.74) is 2.31. The lowest BCUT2D eigenvalue weighted by atomic mass is 9.89. The Morgan fingerprint density at radius 1 is 1.50 bits per heavy atom. The van der Waals surface area contributed by atoms with Crippen molar-refractivity contribution in [2.45, 2.75) is 51.7 Å². The van der Waals surface area contributed by atoms with E-state index < -0.39 is 0 Å². The highest BCUT2D eigenvalue weighted by Gasteiger charge is 2.27. The van der Waals surface area contributed by atoms with Gasteiger partial charge in [-0.15, -0.1) is 0 Å². The highest BCUT2D eigenvalue weighted by atomic mass is 35.5. The minimum Gasteiger partial charge on any atom is -0.371 e. The topological polar surface area (TPSA) is 22.1 Å². The zero-order valence-corrected chi connectivity index (χ0v) is 10.6. The number of rotatable bonds is 3. The number of hydrogen-bond donors (Lipinski definition) is 0. The van der Waals surface area contributed by atoms with Gasteiger partial charge in [0, 0.05) is 5.92 Å². The fraction of sp³-hybridized carbons (Fsp3) is 0.615. The third-order valence-electron chi connectivity index (χ3n) is 3.30. The first kappa shape index (κ1) is 11.9. The van der Waals surface area contributed by atoms with Gasteiger partial charge >= 0.3 is 0 Å². The summed E-state index contributed by atoms with van der Waals surface area (Å²) >= 11 is 5.88. The molecule has 2 heterocycles. The normalized spacial score (nSPS) is 24.2. The number of ether oxygens (including phenoxy) is 1. The van der Waals surface area contributed by atoms with Gasteiger partial charge in [-0.3, -0.25) is 0 Å². The van der Waals surface area contributed by atoms with Crippen LogP contribution < -0.4 is 0 Å². The number of hydrogen-bond acceptors (Lipinski definition) is 2. The summed E-state index contributed by atoms with van der Waals surface area (Å²) < 4.78 is 5.85. The molecule has 0 fully saturated rings. The molecule has 1 aliphatic rings. The molecule has 1 aromatic rings. The number of nitrogens with zero attached hydrogens (tertiary/aromatic N) is 1. The maximum Gasteiger partial charge on any atom is 0.129 e. The molecule has 2 atom stereocenters. The van der Waals surface area contributed by atoms with Crippen molar-refractivity contribution in [1.29, 1.82) is 0 Å². The van der Waals surface area contributed by atoms with Gasteiger partial charge in [0.25, 0.3) is 0 Å². The highest BCUT2D eigenvalue weighted by Crippen LogP contribution is 2.33. The fourth-order valence-electron chi connectivity index (χ4n) is 2.28. The van der Waals surface area contributed by atoms with Crippen molar-refractivity contribution in [3.05, 3.63) is 28.5 Å². The van der Waals surface area contributed by atoms with E-state index in [1.54, 1.807) is 0 Å². The quantitative estimate of drug-likeness (QED) is 0.746. The predicted molar refractivity (Wildman–Crippen MR) is 65.8 cm³/mol. The maximum absolute atomic E-state index is 5.88. The van der Waals surface area contributed by atoms with Gasteiger partial charge < -0.3 is 4.74 Å². The minimum absolute atomic E-state index is 0.343. The van der Waals surface area contributed by atoms with Crippen LogP contribution >= 0.6 is 11.6 Å². The van der Waals surface area contributed by atoms with Crippen LogP contribution in [0.4, 0.5) is 0 Å². The zero-order chi connectivity index (χ0) is 11.5. The van der Waals surface area contributed by atoms with Crippen LogP contribution in [0.2, 0.25) is 5.15 Å². The minimum atomic E-state index is 0.343. The lowest BCUT2D eigenvalue weighted by Gasteiger charge is -2.30. The monoisotopic (exact) mass is 239 g/mol. The molecule has 0 N–H and O–H groups in total. The van der Waals surface area contributed by atoms with Gasteiger partial charge in [0.2, 0.25) is 0 Å². The van der Waals surface area contributed by atoms with Crippen LogP contribution in [0.1, 0.15) is 50.3 Å². The van der Waals surface area contributed by atoms with Crippen LogP contribution in [0.5, 0.6) is 0 Å². The first-order chi connectivity index (χ1) is 7.72. The number of aromatic nitrogens is 1. The summed E-state index contributed by atoms with van der Waals surface area (Å²) in [6.45, 7) is 5.03. The summed E-state index contributed by atoms with van der Waals surface area (Å²) in [6.07, 6.45) is 3.93. The van der Waals surface area contributed by atoms with Crippen LogP contribution in [0.15, 0.2) is 12.1 Å². The first-order valence-electron chi connectivity index (χ1n) is 5.99. The maximum atomic E-state index is 5.88. The molecule has 0 bridgehead atoms. The summed E-state index contributed by atoms with van der Waals surface area (Å²) in [5, 5.41) is 0.557. The number of fused-ring (bicyclic) bond motifs is 1. The van der Waals surface area contributed by atoms with E-state index in [9.17, 15) is 0 Å². The van der Waals surface area contributed by atoms with Gasteiger partial charge in [0.15, 0.2) is 0 Å². The molecule has 0 saturated carbocycles. The van der Waals surface area contributed by atoms with E-state index in [-0.39, 0.29) is 0 Å². The van der Waals surface area contributed by atoms with Gasteiger partial charge in [-0.05, 0) is 18.1 Å². The Morgan fingerprint density at radius 2 is 2.31 bits per heavy atom. The lowest BCUT2D eigenvalue weighted by Crippen LogP contribution is -2.27. The van der Waals surface area contributed by atoms with E-state index in [1.165, 1.54) is 18.4 Å². The van der Waals surface area contributed by atoms with Gasteiger partial charge in [-0.1, -0.05) is 44.4 Å².